The van der Waals surface area contributed by atoms with Crippen molar-refractivity contribution in [1.29, 1.82) is 0 Å². The summed E-state index contributed by atoms with van der Waals surface area (Å²) in [6.45, 7) is 11.8. The summed E-state index contributed by atoms with van der Waals surface area (Å²) < 4.78 is 5.32. The molecule has 4 nitrogen and oxygen atoms in total. The number of hydrogen-bond donors (Lipinski definition) is 1. The molecule has 0 fully saturated rings. The van der Waals surface area contributed by atoms with Crippen LogP contribution < -0.4 is 5.32 Å². The largest absolute Gasteiger partial charge is 0.444 e. The van der Waals surface area contributed by atoms with E-state index in [9.17, 15) is 4.79 Å². The Bertz CT molecular complexity index is 262. The molecule has 0 aromatic carbocycles. The summed E-state index contributed by atoms with van der Waals surface area (Å²) in [7, 11) is 1.79. The van der Waals surface area contributed by atoms with Gasteiger partial charge in [0, 0.05) is 19.6 Å². The Kier molecular flexibility index (Phi) is 9.64. The first kappa shape index (κ1) is 19.2. The molecule has 1 amide bonds. The highest BCUT2D eigenvalue weighted by atomic mass is 16.6. The van der Waals surface area contributed by atoms with Crippen molar-refractivity contribution in [3.63, 3.8) is 0 Å². The molecular weight excluding hydrogens is 252 g/mol. The van der Waals surface area contributed by atoms with E-state index in [0.717, 1.165) is 19.5 Å². The zero-order chi connectivity index (χ0) is 15.6. The van der Waals surface area contributed by atoms with Gasteiger partial charge in [-0.25, -0.2) is 4.79 Å². The van der Waals surface area contributed by atoms with Crippen molar-refractivity contribution in [2.75, 3.05) is 20.1 Å². The van der Waals surface area contributed by atoms with E-state index in [1.807, 2.05) is 20.8 Å². The molecule has 0 aliphatic carbocycles. The third-order valence-corrected chi connectivity index (χ3v) is 3.21. The molecule has 0 aliphatic heterocycles. The molecule has 0 saturated heterocycles. The fourth-order valence-electron chi connectivity index (χ4n) is 1.95. The minimum Gasteiger partial charge on any atom is -0.444 e. The van der Waals surface area contributed by atoms with E-state index in [1.165, 1.54) is 25.7 Å². The summed E-state index contributed by atoms with van der Waals surface area (Å²) in [4.78, 5) is 13.4. The normalized spacial score (nSPS) is 13.1. The second-order valence-corrected chi connectivity index (χ2v) is 6.46. The quantitative estimate of drug-likeness (QED) is 0.655. The number of carbonyl (C=O) groups is 1. The maximum Gasteiger partial charge on any atom is 0.410 e. The first-order valence-electron chi connectivity index (χ1n) is 7.97. The predicted octanol–water partition coefficient (Wildman–Crippen LogP) is 3.80. The zero-order valence-electron chi connectivity index (χ0n) is 14.3. The van der Waals surface area contributed by atoms with E-state index in [0.29, 0.717) is 6.04 Å². The summed E-state index contributed by atoms with van der Waals surface area (Å²) in [5.41, 5.74) is -0.420. The molecule has 0 heterocycles. The highest BCUT2D eigenvalue weighted by molar-refractivity contribution is 5.67. The Balaban J connectivity index is 3.80. The Labute approximate surface area is 125 Å². The topological polar surface area (TPSA) is 41.6 Å². The van der Waals surface area contributed by atoms with E-state index in [4.69, 9.17) is 4.74 Å². The summed E-state index contributed by atoms with van der Waals surface area (Å²) >= 11 is 0. The van der Waals surface area contributed by atoms with Gasteiger partial charge >= 0.3 is 6.09 Å². The first-order valence-corrected chi connectivity index (χ1v) is 7.97. The number of unbranched alkanes of at least 4 members (excludes halogenated alkanes) is 1. The first-order chi connectivity index (χ1) is 9.30. The Morgan fingerprint density at radius 3 is 2.40 bits per heavy atom. The van der Waals surface area contributed by atoms with Gasteiger partial charge in [0.25, 0.3) is 0 Å². The van der Waals surface area contributed by atoms with Gasteiger partial charge in [0.1, 0.15) is 5.60 Å². The van der Waals surface area contributed by atoms with Crippen LogP contribution in [-0.4, -0.2) is 42.8 Å². The molecule has 0 radical (unpaired) electrons. The standard InChI is InChI=1S/C16H34N2O2/c1-7-9-11-14(8-2)17-12-10-13-18(6)15(19)20-16(3,4)5/h14,17H,7-13H2,1-6H3. The van der Waals surface area contributed by atoms with E-state index in [1.54, 1.807) is 11.9 Å². The van der Waals surface area contributed by atoms with E-state index >= 15 is 0 Å². The highest BCUT2D eigenvalue weighted by Gasteiger charge is 2.19. The Hall–Kier alpha value is -0.770. The molecular formula is C16H34N2O2. The van der Waals surface area contributed by atoms with Crippen LogP contribution in [0.4, 0.5) is 4.79 Å². The number of rotatable bonds is 9. The lowest BCUT2D eigenvalue weighted by atomic mass is 10.1. The minimum atomic E-state index is -0.420. The second kappa shape index (κ2) is 10.0. The predicted molar refractivity (Wildman–Crippen MR) is 85.1 cm³/mol. The molecule has 1 atom stereocenters. The highest BCUT2D eigenvalue weighted by Crippen LogP contribution is 2.09. The number of amides is 1. The molecule has 1 unspecified atom stereocenters. The second-order valence-electron chi connectivity index (χ2n) is 6.46. The summed E-state index contributed by atoms with van der Waals surface area (Å²) in [6, 6.07) is 0.613. The van der Waals surface area contributed by atoms with Gasteiger partial charge in [-0.1, -0.05) is 26.7 Å². The van der Waals surface area contributed by atoms with Gasteiger partial charge in [-0.2, -0.15) is 0 Å². The van der Waals surface area contributed by atoms with Gasteiger partial charge in [-0.15, -0.1) is 0 Å². The summed E-state index contributed by atoms with van der Waals surface area (Å²) in [6.07, 6.45) is 5.66. The van der Waals surface area contributed by atoms with Crippen LogP contribution >= 0.6 is 0 Å². The molecule has 0 aromatic heterocycles. The molecule has 20 heavy (non-hydrogen) atoms. The molecule has 0 bridgehead atoms. The fourth-order valence-corrected chi connectivity index (χ4v) is 1.95. The maximum absolute atomic E-state index is 11.8. The van der Waals surface area contributed by atoms with Crippen molar-refractivity contribution in [3.05, 3.63) is 0 Å². The van der Waals surface area contributed by atoms with Gasteiger partial charge in [0.05, 0.1) is 0 Å². The summed E-state index contributed by atoms with van der Waals surface area (Å²) in [5, 5.41) is 3.57. The molecule has 1 N–H and O–H groups in total. The van der Waals surface area contributed by atoms with Crippen molar-refractivity contribution in [2.45, 2.75) is 78.4 Å². The Morgan fingerprint density at radius 1 is 1.25 bits per heavy atom. The third-order valence-electron chi connectivity index (χ3n) is 3.21. The number of ether oxygens (including phenoxy) is 1. The SMILES string of the molecule is CCCCC(CC)NCCCN(C)C(=O)OC(C)(C)C. The molecule has 120 valence electrons. The Morgan fingerprint density at radius 2 is 1.90 bits per heavy atom. The van der Waals surface area contributed by atoms with Gasteiger partial charge in [0.15, 0.2) is 0 Å². The third kappa shape index (κ3) is 10.1. The van der Waals surface area contributed by atoms with Crippen LogP contribution in [0.5, 0.6) is 0 Å². The lowest BCUT2D eigenvalue weighted by molar-refractivity contribution is 0.0297. The van der Waals surface area contributed by atoms with Crippen molar-refractivity contribution < 1.29 is 9.53 Å². The summed E-state index contributed by atoms with van der Waals surface area (Å²) in [5.74, 6) is 0. The van der Waals surface area contributed by atoms with Crippen LogP contribution in [0.25, 0.3) is 0 Å². The average Bonchev–Trinajstić information content (AvgIpc) is 2.35. The number of nitrogens with zero attached hydrogens (tertiary/aromatic N) is 1. The average molecular weight is 286 g/mol. The zero-order valence-corrected chi connectivity index (χ0v) is 14.3. The van der Waals surface area contributed by atoms with Gasteiger partial charge in [-0.05, 0) is 46.6 Å². The minimum absolute atomic E-state index is 0.240. The van der Waals surface area contributed by atoms with Crippen molar-refractivity contribution >= 4 is 6.09 Å². The van der Waals surface area contributed by atoms with E-state index in [-0.39, 0.29) is 6.09 Å². The number of nitrogens with one attached hydrogen (secondary N) is 1. The monoisotopic (exact) mass is 286 g/mol. The smallest absolute Gasteiger partial charge is 0.410 e. The molecule has 0 rings (SSSR count). The molecule has 4 heteroatoms. The van der Waals surface area contributed by atoms with Crippen LogP contribution in [0, 0.1) is 0 Å². The van der Waals surface area contributed by atoms with E-state index in [2.05, 4.69) is 19.2 Å². The van der Waals surface area contributed by atoms with Crippen LogP contribution in [0.3, 0.4) is 0 Å². The lowest BCUT2D eigenvalue weighted by Gasteiger charge is -2.25. The number of hydrogen-bond acceptors (Lipinski definition) is 3. The maximum atomic E-state index is 11.8. The van der Waals surface area contributed by atoms with Crippen LogP contribution in [-0.2, 0) is 4.74 Å². The molecule has 0 spiro atoms. The van der Waals surface area contributed by atoms with Crippen LogP contribution in [0.2, 0.25) is 0 Å². The van der Waals surface area contributed by atoms with Crippen molar-refractivity contribution in [3.8, 4) is 0 Å². The number of carbonyl (C=O) groups excluding carboxylic acids is 1. The van der Waals surface area contributed by atoms with Crippen molar-refractivity contribution in [2.24, 2.45) is 0 Å². The van der Waals surface area contributed by atoms with Crippen LogP contribution in [0.15, 0.2) is 0 Å². The molecule has 0 aliphatic rings. The van der Waals surface area contributed by atoms with Gasteiger partial charge in [0.2, 0.25) is 0 Å². The van der Waals surface area contributed by atoms with Crippen LogP contribution in [0.1, 0.15) is 66.7 Å². The molecule has 0 saturated carbocycles. The molecule has 0 aromatic rings. The van der Waals surface area contributed by atoms with E-state index < -0.39 is 5.60 Å². The lowest BCUT2D eigenvalue weighted by Crippen LogP contribution is -2.36. The van der Waals surface area contributed by atoms with Crippen molar-refractivity contribution in [1.82, 2.24) is 10.2 Å². The van der Waals surface area contributed by atoms with Gasteiger partial charge < -0.3 is 15.0 Å². The fraction of sp³-hybridized carbons (Fsp3) is 0.938. The van der Waals surface area contributed by atoms with Gasteiger partial charge in [-0.3, -0.25) is 0 Å².